The van der Waals surface area contributed by atoms with Crippen LogP contribution >= 0.6 is 64.7 Å². The molecule has 0 aliphatic carbocycles. The molecule has 0 bridgehead atoms. The topological polar surface area (TPSA) is 0 Å². The Bertz CT molecular complexity index is 23.1. The van der Waals surface area contributed by atoms with Gasteiger partial charge in [-0.3, -0.25) is 0 Å². The van der Waals surface area contributed by atoms with Gasteiger partial charge in [0.1, 0.15) is 0 Å². The summed E-state index contributed by atoms with van der Waals surface area (Å²) in [5.41, 5.74) is 0. The van der Waals surface area contributed by atoms with Crippen molar-refractivity contribution in [2.75, 3.05) is 0 Å². The molecule has 0 amide bonds. The molecular weight excluding hydrogens is 461 g/mol. The molecule has 0 nitrogen and oxygen atoms in total. The minimum atomic E-state index is -1.44. The van der Waals surface area contributed by atoms with Crippen LogP contribution in [0, 0.1) is 0 Å². The van der Waals surface area contributed by atoms with Crippen molar-refractivity contribution in [3.63, 3.8) is 0 Å². The molecule has 0 fully saturated rings. The van der Waals surface area contributed by atoms with Gasteiger partial charge in [-0.1, -0.05) is 0 Å². The van der Waals surface area contributed by atoms with Gasteiger partial charge in [0.15, 0.2) is 0 Å². The zero-order valence-corrected chi connectivity index (χ0v) is 11.1. The number of halogens is 4. The molecule has 0 atom stereocenters. The third-order valence-corrected chi connectivity index (χ3v) is 0. The summed E-state index contributed by atoms with van der Waals surface area (Å²) in [4.78, 5) is -1.44. The summed E-state index contributed by atoms with van der Waals surface area (Å²) < 4.78 is 0. The number of hydrogen-bond acceptors (Lipinski definition) is 0. The van der Waals surface area contributed by atoms with E-state index in [0.29, 0.717) is 0 Å². The molecule has 0 aromatic heterocycles. The van der Waals surface area contributed by atoms with Crippen molar-refractivity contribution in [1.29, 1.82) is 0 Å². The van der Waals surface area contributed by atoms with Gasteiger partial charge in [-0.25, -0.2) is 0 Å². The molecule has 5 heavy (non-hydrogen) atoms. The van der Waals surface area contributed by atoms with Gasteiger partial charge >= 0.3 is 69.6 Å². The van der Waals surface area contributed by atoms with Crippen molar-refractivity contribution < 1.29 is 4.90 Å². The Morgan fingerprint density at radius 3 is 1.20 bits per heavy atom. The van der Waals surface area contributed by atoms with E-state index in [1.54, 1.807) is 0 Å². The average molecular weight is 461 g/mol. The third kappa shape index (κ3) is 19.1. The average Bonchev–Trinajstić information content (AvgIpc) is 0.722. The van der Waals surface area contributed by atoms with E-state index in [2.05, 4.69) is 64.7 Å². The first kappa shape index (κ1) is 8.13. The Balaban J connectivity index is 3.02. The van der Waals surface area contributed by atoms with Gasteiger partial charge in [-0.15, -0.1) is 0 Å². The van der Waals surface area contributed by atoms with E-state index in [4.69, 9.17) is 0 Å². The fourth-order valence-electron chi connectivity index (χ4n) is 0. The SMILES string of the molecule is [Br][Ti]([Br])([I])[I]. The van der Waals surface area contributed by atoms with Crippen LogP contribution in [-0.4, -0.2) is 0 Å². The summed E-state index contributed by atoms with van der Waals surface area (Å²) in [7, 11) is 0. The van der Waals surface area contributed by atoms with Crippen molar-refractivity contribution in [2.45, 2.75) is 0 Å². The van der Waals surface area contributed by atoms with Crippen LogP contribution in [-0.2, 0) is 4.90 Å². The first-order valence-electron chi connectivity index (χ1n) is 0.756. The Morgan fingerprint density at radius 1 is 1.20 bits per heavy atom. The summed E-state index contributed by atoms with van der Waals surface area (Å²) >= 11 is 11.7. The monoisotopic (exact) mass is 460 g/mol. The second-order valence-corrected chi connectivity index (χ2v) is 62.3. The molecule has 32 valence electrons. The van der Waals surface area contributed by atoms with E-state index in [-0.39, 0.29) is 0 Å². The second-order valence-electron chi connectivity index (χ2n) is 0.429. The predicted octanol–water partition coefficient (Wildman–Crippen LogP) is 3.46. The van der Waals surface area contributed by atoms with Crippen LogP contribution in [0.2, 0.25) is 0 Å². The first-order chi connectivity index (χ1) is 2.00. The van der Waals surface area contributed by atoms with E-state index >= 15 is 0 Å². The first-order valence-corrected chi connectivity index (χ1v) is 18.6. The van der Waals surface area contributed by atoms with Gasteiger partial charge in [0.25, 0.3) is 0 Å². The Labute approximate surface area is 67.7 Å². The quantitative estimate of drug-likeness (QED) is 0.383. The molecule has 0 aromatic carbocycles. The van der Waals surface area contributed by atoms with Crippen LogP contribution in [0.4, 0.5) is 0 Å². The van der Waals surface area contributed by atoms with E-state index < -0.39 is 4.90 Å². The van der Waals surface area contributed by atoms with Crippen LogP contribution < -0.4 is 0 Å². The van der Waals surface area contributed by atoms with Crippen molar-refractivity contribution >= 4 is 64.7 Å². The van der Waals surface area contributed by atoms with Crippen LogP contribution in [0.25, 0.3) is 0 Å². The molecule has 0 heterocycles. The molecule has 0 aliphatic heterocycles. The fourth-order valence-corrected chi connectivity index (χ4v) is 0. The van der Waals surface area contributed by atoms with Gasteiger partial charge in [-0.2, -0.15) is 0 Å². The van der Waals surface area contributed by atoms with Crippen molar-refractivity contribution in [3.8, 4) is 0 Å². The zero-order chi connectivity index (χ0) is 4.50. The molecule has 0 saturated heterocycles. The maximum absolute atomic E-state index is 3.45. The van der Waals surface area contributed by atoms with Crippen molar-refractivity contribution in [1.82, 2.24) is 0 Å². The van der Waals surface area contributed by atoms with Crippen LogP contribution in [0.1, 0.15) is 0 Å². The van der Waals surface area contributed by atoms with Gasteiger partial charge in [0.2, 0.25) is 0 Å². The fraction of sp³-hybridized carbons (Fsp3) is 0. The summed E-state index contributed by atoms with van der Waals surface area (Å²) in [6.07, 6.45) is 0. The van der Waals surface area contributed by atoms with Crippen LogP contribution in [0.5, 0.6) is 0 Å². The van der Waals surface area contributed by atoms with Gasteiger partial charge in [0, 0.05) is 0 Å². The molecule has 0 aromatic rings. The predicted molar refractivity (Wildman–Crippen MR) is 45.9 cm³/mol. The molecule has 0 N–H and O–H groups in total. The van der Waals surface area contributed by atoms with Gasteiger partial charge in [-0.05, 0) is 0 Å². The molecule has 0 aliphatic rings. The van der Waals surface area contributed by atoms with E-state index in [1.165, 1.54) is 0 Å². The molecule has 0 rings (SSSR count). The molecular formula is Br2I2Ti. The van der Waals surface area contributed by atoms with Gasteiger partial charge < -0.3 is 0 Å². The Hall–Kier alpha value is 3.13. The summed E-state index contributed by atoms with van der Waals surface area (Å²) in [5.74, 6) is 0. The van der Waals surface area contributed by atoms with E-state index in [1.807, 2.05) is 0 Å². The minimum absolute atomic E-state index is 1.44. The Morgan fingerprint density at radius 2 is 1.20 bits per heavy atom. The Kier molecular flexibility index (Phi) is 5.23. The van der Waals surface area contributed by atoms with Crippen molar-refractivity contribution in [3.05, 3.63) is 0 Å². The van der Waals surface area contributed by atoms with Crippen LogP contribution in [0.15, 0.2) is 0 Å². The van der Waals surface area contributed by atoms with Crippen molar-refractivity contribution in [2.24, 2.45) is 0 Å². The third-order valence-electron chi connectivity index (χ3n) is 0. The van der Waals surface area contributed by atoms with Gasteiger partial charge in [0.05, 0.1) is 0 Å². The molecule has 0 radical (unpaired) electrons. The molecule has 0 unspecified atom stereocenters. The summed E-state index contributed by atoms with van der Waals surface area (Å²) in [5, 5.41) is 0. The zero-order valence-electron chi connectivity index (χ0n) is 2.01. The second kappa shape index (κ2) is 3.22. The maximum atomic E-state index is 3.45. The normalized spacial score (nSPS) is 12.0. The number of hydrogen-bond donors (Lipinski definition) is 0. The number of rotatable bonds is 0. The molecule has 5 heteroatoms. The van der Waals surface area contributed by atoms with E-state index in [0.717, 1.165) is 0 Å². The van der Waals surface area contributed by atoms with E-state index in [9.17, 15) is 0 Å². The molecule has 0 saturated carbocycles. The van der Waals surface area contributed by atoms with Crippen LogP contribution in [0.3, 0.4) is 0 Å². The summed E-state index contributed by atoms with van der Waals surface area (Å²) in [6, 6.07) is 0. The standard InChI is InChI=1S/2BrH.2HI.Ti/h4*1H;/q;;;;+4/p-4. The summed E-state index contributed by atoms with van der Waals surface area (Å²) in [6.45, 7) is 0. The molecule has 0 spiro atoms.